The van der Waals surface area contributed by atoms with E-state index in [1.165, 1.54) is 0 Å². The largest absolute Gasteiger partial charge is 0.455 e. The van der Waals surface area contributed by atoms with Crippen LogP contribution in [0, 0.1) is 11.3 Å². The third-order valence-corrected chi connectivity index (χ3v) is 6.46. The van der Waals surface area contributed by atoms with Crippen molar-refractivity contribution in [3.8, 4) is 0 Å². The van der Waals surface area contributed by atoms with Crippen molar-refractivity contribution < 1.29 is 30.9 Å². The molecule has 1 saturated heterocycles. The molecule has 2 saturated carbocycles. The first-order valence-electron chi connectivity index (χ1n) is 6.07. The minimum atomic E-state index is -3.67. The van der Waals surface area contributed by atoms with Gasteiger partial charge in [-0.2, -0.15) is 17.2 Å². The Morgan fingerprint density at radius 2 is 2.11 bits per heavy atom. The maximum atomic E-state index is 12.9. The highest BCUT2D eigenvalue weighted by Crippen LogP contribution is 2.63. The lowest BCUT2D eigenvalue weighted by molar-refractivity contribution is -0.182. The Hall–Kier alpha value is -0.760. The molecule has 3 aliphatic rings. The van der Waals surface area contributed by atoms with Crippen LogP contribution >= 0.6 is 0 Å². The van der Waals surface area contributed by atoms with Crippen molar-refractivity contribution in [2.45, 2.75) is 50.1 Å². The first-order chi connectivity index (χ1) is 8.56. The molecule has 5 atom stereocenters. The van der Waals surface area contributed by atoms with Crippen LogP contribution in [-0.4, -0.2) is 37.8 Å². The smallest absolute Gasteiger partial charge is 0.377 e. The summed E-state index contributed by atoms with van der Waals surface area (Å²) in [4.78, 5) is 11.3. The fourth-order valence-corrected chi connectivity index (χ4v) is 5.83. The molecule has 5 unspecified atom stereocenters. The summed E-state index contributed by atoms with van der Waals surface area (Å²) >= 11 is 0. The molecule has 3 fully saturated rings. The molecule has 2 aliphatic carbocycles. The van der Waals surface area contributed by atoms with Crippen molar-refractivity contribution in [3.05, 3.63) is 0 Å². The van der Waals surface area contributed by atoms with E-state index in [-0.39, 0.29) is 5.92 Å². The van der Waals surface area contributed by atoms with Crippen molar-refractivity contribution in [2.75, 3.05) is 0 Å². The normalized spacial score (nSPS) is 46.5. The SMILES string of the molecule is CC(F)(F)C(=O)OC1C2CC3C(C)(C2)C1OS3(=O)=O. The van der Waals surface area contributed by atoms with Gasteiger partial charge in [0.15, 0.2) is 0 Å². The van der Waals surface area contributed by atoms with Gasteiger partial charge in [0, 0.05) is 18.3 Å². The van der Waals surface area contributed by atoms with Gasteiger partial charge in [0.05, 0.1) is 5.25 Å². The van der Waals surface area contributed by atoms with E-state index in [4.69, 9.17) is 8.92 Å². The summed E-state index contributed by atoms with van der Waals surface area (Å²) in [5.74, 6) is -5.43. The van der Waals surface area contributed by atoms with Crippen LogP contribution in [0.15, 0.2) is 0 Å². The monoisotopic (exact) mass is 296 g/mol. The molecule has 0 aromatic carbocycles. The van der Waals surface area contributed by atoms with Crippen molar-refractivity contribution >= 4 is 16.1 Å². The number of rotatable bonds is 2. The molecule has 3 rings (SSSR count). The van der Waals surface area contributed by atoms with Crippen LogP contribution in [0.3, 0.4) is 0 Å². The molecule has 5 nitrogen and oxygen atoms in total. The Bertz CT molecular complexity index is 540. The molecule has 0 aromatic heterocycles. The Morgan fingerprint density at radius 3 is 2.68 bits per heavy atom. The Labute approximate surface area is 109 Å². The molecule has 108 valence electrons. The number of ether oxygens (including phenoxy) is 1. The zero-order valence-electron chi connectivity index (χ0n) is 10.4. The van der Waals surface area contributed by atoms with Gasteiger partial charge in [-0.1, -0.05) is 6.92 Å². The van der Waals surface area contributed by atoms with E-state index in [1.54, 1.807) is 6.92 Å². The summed E-state index contributed by atoms with van der Waals surface area (Å²) in [6.07, 6.45) is -0.887. The van der Waals surface area contributed by atoms with Gasteiger partial charge < -0.3 is 4.74 Å². The molecule has 0 amide bonds. The van der Waals surface area contributed by atoms with Gasteiger partial charge in [0.2, 0.25) is 0 Å². The number of hydrogen-bond acceptors (Lipinski definition) is 5. The van der Waals surface area contributed by atoms with E-state index in [9.17, 15) is 22.0 Å². The van der Waals surface area contributed by atoms with Crippen molar-refractivity contribution in [1.29, 1.82) is 0 Å². The predicted molar refractivity (Wildman–Crippen MR) is 58.9 cm³/mol. The summed E-state index contributed by atoms with van der Waals surface area (Å²) in [5, 5.41) is -0.605. The Morgan fingerprint density at radius 1 is 1.47 bits per heavy atom. The summed E-state index contributed by atoms with van der Waals surface area (Å²) < 4.78 is 59.2. The fraction of sp³-hybridized carbons (Fsp3) is 0.909. The van der Waals surface area contributed by atoms with Crippen molar-refractivity contribution in [3.63, 3.8) is 0 Å². The maximum Gasteiger partial charge on any atom is 0.377 e. The number of halogens is 2. The fourth-order valence-electron chi connectivity index (χ4n) is 3.70. The van der Waals surface area contributed by atoms with Gasteiger partial charge in [-0.3, -0.25) is 4.18 Å². The number of hydrogen-bond donors (Lipinski definition) is 0. The lowest BCUT2D eigenvalue weighted by atomic mass is 9.82. The van der Waals surface area contributed by atoms with Gasteiger partial charge in [0.25, 0.3) is 10.1 Å². The van der Waals surface area contributed by atoms with E-state index in [1.807, 2.05) is 0 Å². The third kappa shape index (κ3) is 1.65. The first-order valence-corrected chi connectivity index (χ1v) is 7.54. The quantitative estimate of drug-likeness (QED) is 0.563. The van der Waals surface area contributed by atoms with Gasteiger partial charge in [-0.15, -0.1) is 0 Å². The van der Waals surface area contributed by atoms with Crippen LogP contribution in [0.4, 0.5) is 8.78 Å². The Balaban J connectivity index is 1.87. The summed E-state index contributed by atoms with van der Waals surface area (Å²) in [5.41, 5.74) is -0.628. The summed E-state index contributed by atoms with van der Waals surface area (Å²) in [6.45, 7) is 2.21. The highest BCUT2D eigenvalue weighted by atomic mass is 32.2. The van der Waals surface area contributed by atoms with Crippen LogP contribution < -0.4 is 0 Å². The molecule has 0 radical (unpaired) electrons. The average Bonchev–Trinajstić information content (AvgIpc) is 2.73. The minimum Gasteiger partial charge on any atom is -0.455 e. The first kappa shape index (κ1) is 13.2. The molecular formula is C11H14F2O5S. The van der Waals surface area contributed by atoms with E-state index < -0.39 is 44.9 Å². The van der Waals surface area contributed by atoms with Crippen LogP contribution in [0.25, 0.3) is 0 Å². The lowest BCUT2D eigenvalue weighted by Crippen LogP contribution is -2.44. The Kier molecular flexibility index (Phi) is 2.41. The number of carbonyl (C=O) groups is 1. The standard InChI is InChI=1S/C11H14F2O5S/c1-10-4-5-3-6(10)19(15,16)18-8(10)7(5)17-9(14)11(2,12)13/h5-8H,3-4H2,1-2H3. The van der Waals surface area contributed by atoms with Crippen LogP contribution in [0.5, 0.6) is 0 Å². The summed E-state index contributed by atoms with van der Waals surface area (Å²) in [6, 6.07) is 0. The molecule has 0 aromatic rings. The lowest BCUT2D eigenvalue weighted by Gasteiger charge is -2.30. The molecule has 8 heteroatoms. The topological polar surface area (TPSA) is 69.7 Å². The maximum absolute atomic E-state index is 12.9. The van der Waals surface area contributed by atoms with Crippen LogP contribution in [0.1, 0.15) is 26.7 Å². The molecule has 0 N–H and O–H groups in total. The van der Waals surface area contributed by atoms with Gasteiger partial charge in [0.1, 0.15) is 12.2 Å². The van der Waals surface area contributed by atoms with Gasteiger partial charge in [-0.05, 0) is 12.8 Å². The zero-order valence-corrected chi connectivity index (χ0v) is 11.2. The number of esters is 1. The van der Waals surface area contributed by atoms with E-state index in [0.29, 0.717) is 19.8 Å². The zero-order chi connectivity index (χ0) is 14.2. The summed E-state index contributed by atoms with van der Waals surface area (Å²) in [7, 11) is -3.67. The van der Waals surface area contributed by atoms with Crippen molar-refractivity contribution in [1.82, 2.24) is 0 Å². The number of carbonyl (C=O) groups excluding carboxylic acids is 1. The van der Waals surface area contributed by atoms with Gasteiger partial charge >= 0.3 is 11.9 Å². The second kappa shape index (κ2) is 3.46. The van der Waals surface area contributed by atoms with Gasteiger partial charge in [-0.25, -0.2) is 4.79 Å². The third-order valence-electron chi connectivity index (χ3n) is 4.56. The molecule has 1 heterocycles. The molecule has 0 spiro atoms. The van der Waals surface area contributed by atoms with Crippen LogP contribution in [-0.2, 0) is 23.8 Å². The predicted octanol–water partition coefficient (Wildman–Crippen LogP) is 1.08. The molecule has 2 bridgehead atoms. The minimum absolute atomic E-state index is 0.219. The van der Waals surface area contributed by atoms with Crippen LogP contribution in [0.2, 0.25) is 0 Å². The van der Waals surface area contributed by atoms with Crippen molar-refractivity contribution in [2.24, 2.45) is 11.3 Å². The second-order valence-electron chi connectivity index (χ2n) is 5.96. The molecular weight excluding hydrogens is 282 g/mol. The average molecular weight is 296 g/mol. The van der Waals surface area contributed by atoms with E-state index in [2.05, 4.69) is 0 Å². The number of fused-ring (bicyclic) bond motifs is 1. The van der Waals surface area contributed by atoms with E-state index in [0.717, 1.165) is 0 Å². The molecule has 19 heavy (non-hydrogen) atoms. The van der Waals surface area contributed by atoms with E-state index >= 15 is 0 Å². The second-order valence-corrected chi connectivity index (χ2v) is 7.71. The molecule has 1 aliphatic heterocycles. The highest BCUT2D eigenvalue weighted by Gasteiger charge is 2.72. The highest BCUT2D eigenvalue weighted by molar-refractivity contribution is 7.87. The number of alkyl halides is 2.